The quantitative estimate of drug-likeness (QED) is 0.399. The standard InChI is InChI=1S/C27H22N2O6/c1-29-14-16(19-11-17(34-2)5-7-21(19)29)10-23-26(33)18-6-8-22(30)25(27(18)35-23)20(12-24(31)32)15-4-3-9-28-13-15/h3-11,13-14,20,30H,12H2,1-2H3,(H,31,32)/b23-10-/t20-/m1/s1. The van der Waals surface area contributed by atoms with E-state index in [1.54, 1.807) is 37.7 Å². The number of hydrogen-bond acceptors (Lipinski definition) is 6. The number of ether oxygens (including phenoxy) is 2. The van der Waals surface area contributed by atoms with E-state index in [2.05, 4.69) is 4.98 Å². The zero-order chi connectivity index (χ0) is 24.7. The van der Waals surface area contributed by atoms with Crippen molar-refractivity contribution in [1.29, 1.82) is 0 Å². The second-order valence-corrected chi connectivity index (χ2v) is 8.33. The number of carbonyl (C=O) groups is 2. The average molecular weight is 470 g/mol. The molecule has 35 heavy (non-hydrogen) atoms. The Hall–Kier alpha value is -4.59. The Bertz CT molecular complexity index is 1500. The molecule has 0 amide bonds. The number of ketones is 1. The fourth-order valence-corrected chi connectivity index (χ4v) is 4.53. The summed E-state index contributed by atoms with van der Waals surface area (Å²) in [7, 11) is 3.50. The number of phenolic OH excluding ortho intramolecular Hbond substituents is 1. The number of methoxy groups -OCH3 is 1. The van der Waals surface area contributed by atoms with Crippen molar-refractivity contribution in [2.75, 3.05) is 7.11 Å². The molecule has 3 heterocycles. The number of rotatable bonds is 6. The molecule has 0 aliphatic carbocycles. The van der Waals surface area contributed by atoms with Crippen molar-refractivity contribution in [3.8, 4) is 17.2 Å². The molecule has 0 saturated carbocycles. The van der Waals surface area contributed by atoms with Crippen molar-refractivity contribution < 1.29 is 29.3 Å². The van der Waals surface area contributed by atoms with E-state index in [4.69, 9.17) is 9.47 Å². The van der Waals surface area contributed by atoms with Gasteiger partial charge in [0.25, 0.3) is 0 Å². The molecule has 2 aromatic heterocycles. The van der Waals surface area contributed by atoms with E-state index >= 15 is 0 Å². The number of fused-ring (bicyclic) bond motifs is 2. The van der Waals surface area contributed by atoms with E-state index in [9.17, 15) is 19.8 Å². The molecule has 8 nitrogen and oxygen atoms in total. The first-order valence-electron chi connectivity index (χ1n) is 10.9. The van der Waals surface area contributed by atoms with Gasteiger partial charge in [0, 0.05) is 53.6 Å². The van der Waals surface area contributed by atoms with Crippen LogP contribution >= 0.6 is 0 Å². The average Bonchev–Trinajstić information content (AvgIpc) is 3.34. The molecule has 0 bridgehead atoms. The number of Topliss-reactive ketones (excluding diaryl/α,β-unsaturated/α-hetero) is 1. The van der Waals surface area contributed by atoms with Crippen LogP contribution in [0.1, 0.15) is 39.4 Å². The molecule has 1 aliphatic heterocycles. The summed E-state index contributed by atoms with van der Waals surface area (Å²) < 4.78 is 13.3. The molecule has 8 heteroatoms. The predicted molar refractivity (Wildman–Crippen MR) is 129 cm³/mol. The molecular weight excluding hydrogens is 448 g/mol. The zero-order valence-corrected chi connectivity index (χ0v) is 19.1. The Morgan fingerprint density at radius 2 is 2.09 bits per heavy atom. The highest BCUT2D eigenvalue weighted by atomic mass is 16.5. The molecule has 4 aromatic rings. The van der Waals surface area contributed by atoms with Crippen LogP contribution in [0.4, 0.5) is 0 Å². The number of nitrogens with zero attached hydrogens (tertiary/aromatic N) is 2. The van der Waals surface area contributed by atoms with Crippen molar-refractivity contribution in [3.63, 3.8) is 0 Å². The Morgan fingerprint density at radius 3 is 2.80 bits per heavy atom. The van der Waals surface area contributed by atoms with Crippen molar-refractivity contribution >= 4 is 28.7 Å². The summed E-state index contributed by atoms with van der Waals surface area (Å²) in [6.07, 6.45) is 6.36. The SMILES string of the molecule is COc1ccc2c(c1)c(/C=C1\Oc3c(ccc(O)c3[C@H](CC(=O)O)c3cccnc3)C1=O)cn2C. The van der Waals surface area contributed by atoms with Crippen LogP contribution in [-0.4, -0.2) is 38.6 Å². The molecule has 0 spiro atoms. The summed E-state index contributed by atoms with van der Waals surface area (Å²) in [5.41, 5.74) is 2.82. The molecule has 0 radical (unpaired) electrons. The highest BCUT2D eigenvalue weighted by molar-refractivity contribution is 6.15. The molecule has 1 atom stereocenters. The minimum Gasteiger partial charge on any atom is -0.508 e. The van der Waals surface area contributed by atoms with Gasteiger partial charge in [0.2, 0.25) is 5.78 Å². The van der Waals surface area contributed by atoms with Gasteiger partial charge in [-0.05, 0) is 48.0 Å². The predicted octanol–water partition coefficient (Wildman–Crippen LogP) is 4.51. The Balaban J connectivity index is 1.62. The fourth-order valence-electron chi connectivity index (χ4n) is 4.53. The van der Waals surface area contributed by atoms with Gasteiger partial charge in [-0.3, -0.25) is 14.6 Å². The number of allylic oxidation sites excluding steroid dienone is 1. The van der Waals surface area contributed by atoms with E-state index in [1.807, 2.05) is 36.0 Å². The summed E-state index contributed by atoms with van der Waals surface area (Å²) >= 11 is 0. The van der Waals surface area contributed by atoms with E-state index < -0.39 is 11.9 Å². The van der Waals surface area contributed by atoms with Crippen molar-refractivity contribution in [2.24, 2.45) is 7.05 Å². The monoisotopic (exact) mass is 470 g/mol. The lowest BCUT2D eigenvalue weighted by Crippen LogP contribution is -2.10. The second-order valence-electron chi connectivity index (χ2n) is 8.33. The van der Waals surface area contributed by atoms with Crippen LogP contribution in [-0.2, 0) is 11.8 Å². The van der Waals surface area contributed by atoms with Crippen LogP contribution in [0.25, 0.3) is 17.0 Å². The maximum Gasteiger partial charge on any atom is 0.304 e. The van der Waals surface area contributed by atoms with Crippen LogP contribution in [0.5, 0.6) is 17.2 Å². The van der Waals surface area contributed by atoms with E-state index in [-0.39, 0.29) is 40.6 Å². The number of pyridine rings is 1. The lowest BCUT2D eigenvalue weighted by atomic mass is 9.87. The van der Waals surface area contributed by atoms with Gasteiger partial charge in [-0.2, -0.15) is 0 Å². The molecule has 0 unspecified atom stereocenters. The third-order valence-electron chi connectivity index (χ3n) is 6.18. The lowest BCUT2D eigenvalue weighted by Gasteiger charge is -2.19. The third kappa shape index (κ3) is 3.89. The minimum atomic E-state index is -1.05. The summed E-state index contributed by atoms with van der Waals surface area (Å²) in [6.45, 7) is 0. The summed E-state index contributed by atoms with van der Waals surface area (Å²) in [5.74, 6) is -1.38. The van der Waals surface area contributed by atoms with Crippen molar-refractivity contribution in [1.82, 2.24) is 9.55 Å². The first kappa shape index (κ1) is 22.2. The third-order valence-corrected chi connectivity index (χ3v) is 6.18. The van der Waals surface area contributed by atoms with Gasteiger partial charge >= 0.3 is 5.97 Å². The van der Waals surface area contributed by atoms with Gasteiger partial charge in [0.15, 0.2) is 5.76 Å². The smallest absolute Gasteiger partial charge is 0.304 e. The van der Waals surface area contributed by atoms with Gasteiger partial charge in [-0.25, -0.2) is 0 Å². The second kappa shape index (κ2) is 8.64. The molecule has 0 saturated heterocycles. The number of aliphatic carboxylic acids is 1. The Labute approximate surface area is 200 Å². The van der Waals surface area contributed by atoms with Crippen LogP contribution < -0.4 is 9.47 Å². The van der Waals surface area contributed by atoms with E-state index in [1.165, 1.54) is 12.1 Å². The highest BCUT2D eigenvalue weighted by Crippen LogP contribution is 2.46. The van der Waals surface area contributed by atoms with Gasteiger partial charge in [-0.15, -0.1) is 0 Å². The van der Waals surface area contributed by atoms with E-state index in [0.717, 1.165) is 16.5 Å². The molecule has 1 aliphatic rings. The molecule has 2 aromatic carbocycles. The van der Waals surface area contributed by atoms with Crippen molar-refractivity contribution in [2.45, 2.75) is 12.3 Å². The number of phenols is 1. The first-order chi connectivity index (χ1) is 16.9. The molecule has 5 rings (SSSR count). The number of aryl methyl sites for hydroxylation is 1. The number of carboxylic acid groups (broad SMARTS) is 1. The fraction of sp³-hybridized carbons (Fsp3) is 0.148. The van der Waals surface area contributed by atoms with Gasteiger partial charge in [0.05, 0.1) is 19.1 Å². The van der Waals surface area contributed by atoms with Crippen molar-refractivity contribution in [3.05, 3.63) is 89.1 Å². The molecule has 2 N–H and O–H groups in total. The van der Waals surface area contributed by atoms with Crippen LogP contribution in [0.15, 0.2) is 66.8 Å². The number of carbonyl (C=O) groups excluding carboxylic acids is 1. The molecular formula is C27H22N2O6. The minimum absolute atomic E-state index is 0.0856. The highest BCUT2D eigenvalue weighted by Gasteiger charge is 2.35. The maximum atomic E-state index is 13.3. The number of carboxylic acids is 1. The van der Waals surface area contributed by atoms with Crippen LogP contribution in [0, 0.1) is 0 Å². The van der Waals surface area contributed by atoms with E-state index in [0.29, 0.717) is 11.3 Å². The number of aromatic hydroxyl groups is 1. The number of hydrogen-bond donors (Lipinski definition) is 2. The Kier molecular flexibility index (Phi) is 5.49. The first-order valence-corrected chi connectivity index (χ1v) is 10.9. The largest absolute Gasteiger partial charge is 0.508 e. The normalized spacial score (nSPS) is 14.7. The molecule has 176 valence electrons. The number of aromatic nitrogens is 2. The zero-order valence-electron chi connectivity index (χ0n) is 19.1. The van der Waals surface area contributed by atoms with Crippen LogP contribution in [0.3, 0.4) is 0 Å². The van der Waals surface area contributed by atoms with Gasteiger partial charge in [0.1, 0.15) is 17.2 Å². The summed E-state index contributed by atoms with van der Waals surface area (Å²) in [6, 6.07) is 12.0. The van der Waals surface area contributed by atoms with Gasteiger partial charge in [-0.1, -0.05) is 6.07 Å². The molecule has 0 fully saturated rings. The number of benzene rings is 2. The topological polar surface area (TPSA) is 111 Å². The van der Waals surface area contributed by atoms with Gasteiger partial charge < -0.3 is 24.3 Å². The summed E-state index contributed by atoms with van der Waals surface area (Å²) in [4.78, 5) is 29.0. The van der Waals surface area contributed by atoms with Crippen LogP contribution in [0.2, 0.25) is 0 Å². The lowest BCUT2D eigenvalue weighted by molar-refractivity contribution is -0.137. The summed E-state index contributed by atoms with van der Waals surface area (Å²) in [5, 5.41) is 21.2. The maximum absolute atomic E-state index is 13.3. The Morgan fingerprint density at radius 1 is 1.26 bits per heavy atom.